The van der Waals surface area contributed by atoms with Gasteiger partial charge in [0, 0.05) is 34.7 Å². The molecule has 1 fully saturated rings. The summed E-state index contributed by atoms with van der Waals surface area (Å²) in [5.74, 6) is 1.05. The van der Waals surface area contributed by atoms with Crippen molar-refractivity contribution in [3.63, 3.8) is 0 Å². The number of morpholine rings is 1. The number of halogens is 2. The molecule has 204 valence electrons. The Hall–Kier alpha value is -3.06. The molecule has 3 aromatic rings. The quantitative estimate of drug-likeness (QED) is 0.327. The summed E-state index contributed by atoms with van der Waals surface area (Å²) in [6.45, 7) is 8.82. The molecular formula is C31H33Cl2N3O3. The van der Waals surface area contributed by atoms with E-state index >= 15 is 0 Å². The standard InChI is InChI=1S/C31H33Cl2N3O3/c1-19(2)31(37)36-28(22-7-11-24(33)12-8-22)27(21-5-9-23(32)10-6-21)34-30(36)26-18-25(17-20(3)29(26)38-4)35-13-15-39-16-14-35/h5-12,17-19,27-28H,13-16H2,1-4H3. The van der Waals surface area contributed by atoms with Gasteiger partial charge in [0.25, 0.3) is 0 Å². The number of hydrogen-bond acceptors (Lipinski definition) is 5. The fourth-order valence-corrected chi connectivity index (χ4v) is 5.61. The zero-order valence-electron chi connectivity index (χ0n) is 22.7. The summed E-state index contributed by atoms with van der Waals surface area (Å²) in [7, 11) is 1.66. The van der Waals surface area contributed by atoms with Crippen molar-refractivity contribution in [1.29, 1.82) is 0 Å². The van der Waals surface area contributed by atoms with Crippen molar-refractivity contribution >= 4 is 40.6 Å². The summed E-state index contributed by atoms with van der Waals surface area (Å²) >= 11 is 12.5. The Balaban J connectivity index is 1.72. The first kappa shape index (κ1) is 27.5. The van der Waals surface area contributed by atoms with Crippen LogP contribution in [0.2, 0.25) is 10.0 Å². The van der Waals surface area contributed by atoms with Crippen molar-refractivity contribution in [3.8, 4) is 5.75 Å². The Morgan fingerprint density at radius 1 is 0.974 bits per heavy atom. The van der Waals surface area contributed by atoms with Gasteiger partial charge in [-0.3, -0.25) is 14.7 Å². The fourth-order valence-electron chi connectivity index (χ4n) is 5.36. The zero-order chi connectivity index (χ0) is 27.7. The summed E-state index contributed by atoms with van der Waals surface area (Å²) in [5.41, 5.74) is 4.75. The third kappa shape index (κ3) is 5.51. The molecule has 5 rings (SSSR count). The highest BCUT2D eigenvalue weighted by Crippen LogP contribution is 2.46. The van der Waals surface area contributed by atoms with Gasteiger partial charge >= 0.3 is 0 Å². The number of benzene rings is 3. The number of methoxy groups -OCH3 is 1. The van der Waals surface area contributed by atoms with Crippen molar-refractivity contribution < 1.29 is 14.3 Å². The van der Waals surface area contributed by atoms with E-state index in [1.54, 1.807) is 7.11 Å². The number of aryl methyl sites for hydroxylation is 1. The molecular weight excluding hydrogens is 533 g/mol. The summed E-state index contributed by atoms with van der Waals surface area (Å²) < 4.78 is 11.5. The second-order valence-corrected chi connectivity index (χ2v) is 11.1. The first-order valence-electron chi connectivity index (χ1n) is 13.2. The molecule has 0 saturated carbocycles. The van der Waals surface area contributed by atoms with Crippen LogP contribution >= 0.6 is 23.2 Å². The van der Waals surface area contributed by atoms with Gasteiger partial charge in [-0.05, 0) is 60.0 Å². The average Bonchev–Trinajstić information content (AvgIpc) is 3.33. The van der Waals surface area contributed by atoms with Crippen LogP contribution in [0.5, 0.6) is 5.75 Å². The van der Waals surface area contributed by atoms with Crippen LogP contribution in [0.25, 0.3) is 0 Å². The zero-order valence-corrected chi connectivity index (χ0v) is 24.2. The second-order valence-electron chi connectivity index (χ2n) is 10.3. The van der Waals surface area contributed by atoms with Gasteiger partial charge < -0.3 is 14.4 Å². The highest BCUT2D eigenvalue weighted by molar-refractivity contribution is 6.30. The Labute approximate surface area is 240 Å². The molecule has 2 atom stereocenters. The Kier molecular flexibility index (Phi) is 8.17. The van der Waals surface area contributed by atoms with Crippen molar-refractivity contribution in [2.45, 2.75) is 32.9 Å². The molecule has 2 aliphatic heterocycles. The molecule has 8 heteroatoms. The fraction of sp³-hybridized carbons (Fsp3) is 0.355. The summed E-state index contributed by atoms with van der Waals surface area (Å²) in [4.78, 5) is 23.5. The number of anilines is 1. The minimum Gasteiger partial charge on any atom is -0.496 e. The number of aliphatic imine (C=N–C) groups is 1. The molecule has 1 amide bonds. The molecule has 0 spiro atoms. The molecule has 6 nitrogen and oxygen atoms in total. The van der Waals surface area contributed by atoms with E-state index in [0.29, 0.717) is 34.8 Å². The maximum atomic E-state index is 14.0. The predicted molar refractivity (Wildman–Crippen MR) is 157 cm³/mol. The van der Waals surface area contributed by atoms with Crippen LogP contribution in [0.4, 0.5) is 5.69 Å². The van der Waals surface area contributed by atoms with Gasteiger partial charge in [0.05, 0.1) is 31.9 Å². The number of carbonyl (C=O) groups is 1. The van der Waals surface area contributed by atoms with Gasteiger partial charge in [0.15, 0.2) is 0 Å². The minimum absolute atomic E-state index is 0.0124. The normalized spacial score (nSPS) is 19.4. The molecule has 0 bridgehead atoms. The largest absolute Gasteiger partial charge is 0.496 e. The maximum Gasteiger partial charge on any atom is 0.231 e. The van der Waals surface area contributed by atoms with E-state index in [2.05, 4.69) is 17.0 Å². The van der Waals surface area contributed by atoms with E-state index in [1.165, 1.54) is 0 Å². The first-order valence-corrected chi connectivity index (χ1v) is 14.0. The summed E-state index contributed by atoms with van der Waals surface area (Å²) in [6.07, 6.45) is 0. The molecule has 2 unspecified atom stereocenters. The lowest BCUT2D eigenvalue weighted by Gasteiger charge is -2.32. The van der Waals surface area contributed by atoms with Crippen molar-refractivity contribution in [2.24, 2.45) is 10.9 Å². The minimum atomic E-state index is -0.370. The lowest BCUT2D eigenvalue weighted by Crippen LogP contribution is -2.40. The Morgan fingerprint density at radius 3 is 2.13 bits per heavy atom. The van der Waals surface area contributed by atoms with E-state index in [-0.39, 0.29) is 23.9 Å². The third-order valence-corrected chi connectivity index (χ3v) is 7.81. The number of hydrogen-bond donors (Lipinski definition) is 0. The summed E-state index contributed by atoms with van der Waals surface area (Å²) in [6, 6.07) is 18.9. The molecule has 2 aliphatic rings. The van der Waals surface area contributed by atoms with Crippen molar-refractivity contribution in [2.75, 3.05) is 38.3 Å². The van der Waals surface area contributed by atoms with Gasteiger partial charge in [-0.1, -0.05) is 61.3 Å². The van der Waals surface area contributed by atoms with E-state index in [9.17, 15) is 4.79 Å². The van der Waals surface area contributed by atoms with Crippen LogP contribution < -0.4 is 9.64 Å². The Morgan fingerprint density at radius 2 is 1.56 bits per heavy atom. The van der Waals surface area contributed by atoms with Crippen LogP contribution in [0.1, 0.15) is 48.2 Å². The molecule has 3 aromatic carbocycles. The molecule has 0 aliphatic carbocycles. The SMILES string of the molecule is COc1c(C)cc(N2CCOCC2)cc1C1=NC(c2ccc(Cl)cc2)C(c2ccc(Cl)cc2)N1C(=O)C(C)C. The highest BCUT2D eigenvalue weighted by Gasteiger charge is 2.43. The third-order valence-electron chi connectivity index (χ3n) is 7.30. The van der Waals surface area contributed by atoms with E-state index in [4.69, 9.17) is 37.7 Å². The maximum absolute atomic E-state index is 14.0. The molecule has 2 heterocycles. The average molecular weight is 567 g/mol. The number of ether oxygens (including phenoxy) is 2. The smallest absolute Gasteiger partial charge is 0.231 e. The summed E-state index contributed by atoms with van der Waals surface area (Å²) in [5, 5.41) is 1.28. The molecule has 0 N–H and O–H groups in total. The Bertz CT molecular complexity index is 1370. The molecule has 39 heavy (non-hydrogen) atoms. The second kappa shape index (κ2) is 11.6. The van der Waals surface area contributed by atoms with Crippen molar-refractivity contribution in [1.82, 2.24) is 4.90 Å². The molecule has 1 saturated heterocycles. The van der Waals surface area contributed by atoms with E-state index < -0.39 is 0 Å². The predicted octanol–water partition coefficient (Wildman–Crippen LogP) is 6.87. The first-order chi connectivity index (χ1) is 18.8. The van der Waals surface area contributed by atoms with Gasteiger partial charge in [-0.2, -0.15) is 0 Å². The van der Waals surface area contributed by atoms with E-state index in [0.717, 1.165) is 41.0 Å². The van der Waals surface area contributed by atoms with Crippen LogP contribution in [-0.4, -0.2) is 50.1 Å². The van der Waals surface area contributed by atoms with Crippen LogP contribution in [-0.2, 0) is 9.53 Å². The highest BCUT2D eigenvalue weighted by atomic mass is 35.5. The number of amides is 1. The van der Waals surface area contributed by atoms with Crippen LogP contribution in [0, 0.1) is 12.8 Å². The lowest BCUT2D eigenvalue weighted by molar-refractivity contribution is -0.132. The number of nitrogens with zero attached hydrogens (tertiary/aromatic N) is 3. The number of carbonyl (C=O) groups excluding carboxylic acids is 1. The monoisotopic (exact) mass is 565 g/mol. The van der Waals surface area contributed by atoms with Gasteiger partial charge in [-0.25, -0.2) is 0 Å². The number of rotatable bonds is 6. The van der Waals surface area contributed by atoms with E-state index in [1.807, 2.05) is 74.2 Å². The lowest BCUT2D eigenvalue weighted by atomic mass is 9.93. The van der Waals surface area contributed by atoms with Gasteiger partial charge in [0.2, 0.25) is 5.91 Å². The van der Waals surface area contributed by atoms with Crippen LogP contribution in [0.15, 0.2) is 65.7 Å². The van der Waals surface area contributed by atoms with Gasteiger partial charge in [-0.15, -0.1) is 0 Å². The molecule has 0 radical (unpaired) electrons. The topological polar surface area (TPSA) is 54.4 Å². The van der Waals surface area contributed by atoms with Crippen molar-refractivity contribution in [3.05, 3.63) is 93.0 Å². The molecule has 0 aromatic heterocycles. The van der Waals surface area contributed by atoms with Gasteiger partial charge in [0.1, 0.15) is 17.6 Å². The number of amidine groups is 1. The van der Waals surface area contributed by atoms with Crippen LogP contribution in [0.3, 0.4) is 0 Å².